The summed E-state index contributed by atoms with van der Waals surface area (Å²) in [5.74, 6) is 0.577. The van der Waals surface area contributed by atoms with Gasteiger partial charge in [-0.25, -0.2) is 0 Å². The van der Waals surface area contributed by atoms with Gasteiger partial charge in [0.25, 0.3) is 0 Å². The third kappa shape index (κ3) is 2.71. The zero-order chi connectivity index (χ0) is 15.7. The normalized spacial score (nSPS) is 19.3. The van der Waals surface area contributed by atoms with Crippen LogP contribution in [0.3, 0.4) is 0 Å². The predicted octanol–water partition coefficient (Wildman–Crippen LogP) is 1.96. The van der Waals surface area contributed by atoms with Crippen molar-refractivity contribution in [1.82, 2.24) is 0 Å². The van der Waals surface area contributed by atoms with Crippen molar-refractivity contribution >= 4 is 8.34 Å². The van der Waals surface area contributed by atoms with E-state index in [4.69, 9.17) is 15.2 Å². The summed E-state index contributed by atoms with van der Waals surface area (Å²) >= 11 is 1.00. The van der Waals surface area contributed by atoms with Gasteiger partial charge in [0.05, 0.1) is 0 Å². The van der Waals surface area contributed by atoms with E-state index in [0.717, 1.165) is 47.8 Å². The maximum atomic E-state index is 12.4. The number of benzene rings is 2. The Bertz CT molecular complexity index is 717. The number of ether oxygens (including phenoxy) is 2. The molecule has 0 radical (unpaired) electrons. The van der Waals surface area contributed by atoms with Crippen LogP contribution in [0.2, 0.25) is 0 Å². The first kappa shape index (κ1) is 15.7. The summed E-state index contributed by atoms with van der Waals surface area (Å²) in [6.45, 7) is 0.356. The number of carbonyl (C=O) groups excluding carboxylic acids is 1. The van der Waals surface area contributed by atoms with Crippen LogP contribution in [0, 0.1) is 0 Å². The van der Waals surface area contributed by atoms with Crippen molar-refractivity contribution in [3.05, 3.63) is 53.6 Å². The van der Waals surface area contributed by atoms with Gasteiger partial charge in [0.2, 0.25) is 0 Å². The van der Waals surface area contributed by atoms with E-state index in [1.165, 1.54) is 9.48 Å². The molecule has 0 saturated carbocycles. The Kier molecular flexibility index (Phi) is 4.62. The molecule has 0 spiro atoms. The quantitative estimate of drug-likeness (QED) is 0.820. The zero-order valence-electron chi connectivity index (χ0n) is 12.3. The van der Waals surface area contributed by atoms with Gasteiger partial charge in [0.1, 0.15) is 0 Å². The number of hydrogen-bond acceptors (Lipinski definition) is 4. The molecule has 4 nitrogen and oxygen atoms in total. The van der Waals surface area contributed by atoms with Crippen molar-refractivity contribution in [3.63, 3.8) is 0 Å². The van der Waals surface area contributed by atoms with Crippen molar-refractivity contribution < 1.29 is 45.2 Å². The van der Waals surface area contributed by atoms with Crippen molar-refractivity contribution in [1.29, 1.82) is 0 Å². The number of rotatable bonds is 2. The third-order valence-corrected chi connectivity index (χ3v) is 4.90. The van der Waals surface area contributed by atoms with Crippen LogP contribution in [0.25, 0.3) is 0 Å². The van der Waals surface area contributed by atoms with Crippen LogP contribution in [0.5, 0.6) is 11.5 Å². The van der Waals surface area contributed by atoms with Crippen LogP contribution in [0.4, 0.5) is 0 Å². The second kappa shape index (κ2) is 6.49. The van der Waals surface area contributed by atoms with Crippen LogP contribution in [0.15, 0.2) is 42.5 Å². The molecule has 1 heterocycles. The average molecular weight is 371 g/mol. The first-order chi connectivity index (χ1) is 10.7. The van der Waals surface area contributed by atoms with Gasteiger partial charge in [-0.3, -0.25) is 0 Å². The SMILES string of the molecule is COC(=O)[C@@H]1c2ccccc2Oc2cc[c]([Y])cc2[C@H]1CN. The third-order valence-electron chi connectivity index (χ3n) is 4.02. The summed E-state index contributed by atoms with van der Waals surface area (Å²) < 4.78 is 12.3. The van der Waals surface area contributed by atoms with Crippen LogP contribution in [0.1, 0.15) is 23.0 Å². The first-order valence-corrected chi connectivity index (χ1v) is 8.51. The van der Waals surface area contributed by atoms with Crippen LogP contribution < -0.4 is 12.8 Å². The molecule has 1 aliphatic rings. The standard InChI is InChI=1S/C17H16NO3.Y/c1-20-17(19)16-12-7-3-5-9-15(12)21-14-8-4-2-6-11(14)13(16)10-18;/h3-9,13,16H,10,18H2,1H3;/t13-,16-;/m1./s1. The van der Waals surface area contributed by atoms with Crippen LogP contribution in [-0.2, 0) is 40.5 Å². The molecule has 0 aromatic heterocycles. The van der Waals surface area contributed by atoms with E-state index in [0.29, 0.717) is 12.3 Å². The molecule has 110 valence electrons. The minimum atomic E-state index is -0.449. The maximum absolute atomic E-state index is 12.4. The van der Waals surface area contributed by atoms with Gasteiger partial charge >= 0.3 is 150 Å². The van der Waals surface area contributed by atoms with Crippen molar-refractivity contribution in [2.45, 2.75) is 11.8 Å². The molecule has 5 heteroatoms. The van der Waals surface area contributed by atoms with Crippen molar-refractivity contribution in [2.75, 3.05) is 13.7 Å². The molecule has 0 saturated heterocycles. The Labute approximate surface area is 149 Å². The Morgan fingerprint density at radius 2 is 1.95 bits per heavy atom. The Balaban J connectivity index is 2.25. The molecule has 0 unspecified atom stereocenters. The van der Waals surface area contributed by atoms with E-state index in [2.05, 4.69) is 12.1 Å². The topological polar surface area (TPSA) is 61.5 Å². The fourth-order valence-corrected chi connectivity index (χ4v) is 3.65. The molecule has 2 N–H and O–H groups in total. The first-order valence-electron chi connectivity index (χ1n) is 7.09. The van der Waals surface area contributed by atoms with Crippen molar-refractivity contribution in [3.8, 4) is 11.5 Å². The molecule has 22 heavy (non-hydrogen) atoms. The average Bonchev–Trinajstić information content (AvgIpc) is 2.67. The van der Waals surface area contributed by atoms with Crippen LogP contribution in [-0.4, -0.2) is 19.6 Å². The van der Waals surface area contributed by atoms with Gasteiger partial charge < -0.3 is 0 Å². The van der Waals surface area contributed by atoms with Gasteiger partial charge in [0, 0.05) is 0 Å². The molecule has 2 aromatic rings. The molecule has 2 aromatic carbocycles. The summed E-state index contributed by atoms with van der Waals surface area (Å²) in [6.07, 6.45) is 0. The van der Waals surface area contributed by atoms with Crippen LogP contribution >= 0.6 is 0 Å². The number of hydrogen-bond donors (Lipinski definition) is 1. The number of para-hydroxylation sites is 1. The number of nitrogens with two attached hydrogens (primary N) is 1. The van der Waals surface area contributed by atoms with E-state index >= 15 is 0 Å². The molecule has 0 aliphatic carbocycles. The fourth-order valence-electron chi connectivity index (χ4n) is 2.98. The van der Waals surface area contributed by atoms with Gasteiger partial charge in [0.15, 0.2) is 0 Å². The number of fused-ring (bicyclic) bond motifs is 2. The zero-order valence-corrected chi connectivity index (χ0v) is 15.1. The molecular formula is C17H16NO3Y. The molecule has 1 aliphatic heterocycles. The summed E-state index contributed by atoms with van der Waals surface area (Å²) in [6, 6.07) is 13.7. The summed E-state index contributed by atoms with van der Waals surface area (Å²) in [7, 11) is 1.41. The van der Waals surface area contributed by atoms with Gasteiger partial charge in [-0.15, -0.1) is 0 Å². The van der Waals surface area contributed by atoms with E-state index in [-0.39, 0.29) is 11.9 Å². The molecule has 0 bridgehead atoms. The van der Waals surface area contributed by atoms with Crippen molar-refractivity contribution in [2.24, 2.45) is 5.73 Å². The summed E-state index contributed by atoms with van der Waals surface area (Å²) in [5, 5.41) is 0. The van der Waals surface area contributed by atoms with Gasteiger partial charge in [-0.1, -0.05) is 0 Å². The number of esters is 1. The Hall–Kier alpha value is -1.23. The second-order valence-corrected chi connectivity index (χ2v) is 6.92. The second-order valence-electron chi connectivity index (χ2n) is 5.28. The fraction of sp³-hybridized carbons (Fsp3) is 0.235. The molecular weight excluding hydrogens is 355 g/mol. The van der Waals surface area contributed by atoms with Gasteiger partial charge in [-0.2, -0.15) is 0 Å². The number of methoxy groups -OCH3 is 1. The van der Waals surface area contributed by atoms with E-state index in [1.807, 2.05) is 30.3 Å². The summed E-state index contributed by atoms with van der Waals surface area (Å²) in [5.41, 5.74) is 7.84. The Morgan fingerprint density at radius 3 is 2.68 bits per heavy atom. The molecule has 2 atom stereocenters. The van der Waals surface area contributed by atoms with E-state index in [9.17, 15) is 4.79 Å². The molecule has 0 fully saturated rings. The van der Waals surface area contributed by atoms with Gasteiger partial charge in [-0.05, 0) is 0 Å². The molecule has 3 rings (SSSR count). The minimum absolute atomic E-state index is 0.154. The Morgan fingerprint density at radius 1 is 1.23 bits per heavy atom. The number of carbonyl (C=O) groups is 1. The van der Waals surface area contributed by atoms with E-state index in [1.54, 1.807) is 0 Å². The monoisotopic (exact) mass is 371 g/mol. The predicted molar refractivity (Wildman–Crippen MR) is 79.1 cm³/mol. The molecule has 0 amide bonds. The summed E-state index contributed by atoms with van der Waals surface area (Å²) in [4.78, 5) is 12.4. The van der Waals surface area contributed by atoms with E-state index < -0.39 is 5.92 Å².